The van der Waals surface area contributed by atoms with E-state index < -0.39 is 5.97 Å². The molecule has 6 aliphatic rings. The van der Waals surface area contributed by atoms with Gasteiger partial charge >= 0.3 is 5.97 Å². The number of allylic oxidation sites excluding steroid dienone is 4. The SMILES string of the molecule is O=C1CN2C3=C[C@@H]1CC2=CC(N1C[C@H](C(=O)O)[C@@H]2CCCC[C@H]21)=C3. The Labute approximate surface area is 141 Å². The lowest BCUT2D eigenvalue weighted by molar-refractivity contribution is -0.142. The summed E-state index contributed by atoms with van der Waals surface area (Å²) in [6.07, 6.45) is 11.7. The van der Waals surface area contributed by atoms with E-state index in [1.54, 1.807) is 0 Å². The molecule has 5 heteroatoms. The van der Waals surface area contributed by atoms with Gasteiger partial charge in [-0.3, -0.25) is 9.59 Å². The number of hydrogen-bond acceptors (Lipinski definition) is 4. The van der Waals surface area contributed by atoms with Gasteiger partial charge in [0.15, 0.2) is 5.78 Å². The first-order valence-corrected chi connectivity index (χ1v) is 9.05. The van der Waals surface area contributed by atoms with Crippen LogP contribution in [-0.4, -0.2) is 45.8 Å². The van der Waals surface area contributed by atoms with E-state index in [1.165, 1.54) is 12.1 Å². The van der Waals surface area contributed by atoms with Crippen molar-refractivity contribution < 1.29 is 14.7 Å². The maximum atomic E-state index is 11.9. The average molecular weight is 326 g/mol. The maximum Gasteiger partial charge on any atom is 0.308 e. The summed E-state index contributed by atoms with van der Waals surface area (Å²) in [5, 5.41) is 9.63. The van der Waals surface area contributed by atoms with E-state index in [4.69, 9.17) is 0 Å². The van der Waals surface area contributed by atoms with E-state index in [9.17, 15) is 14.7 Å². The summed E-state index contributed by atoms with van der Waals surface area (Å²) < 4.78 is 0. The number of Topliss-reactive ketones (excluding diaryl/α,β-unsaturated/α-hetero) is 1. The van der Waals surface area contributed by atoms with Crippen LogP contribution in [0.25, 0.3) is 0 Å². The maximum absolute atomic E-state index is 11.9. The Kier molecular flexibility index (Phi) is 2.97. The van der Waals surface area contributed by atoms with Crippen LogP contribution in [0.5, 0.6) is 0 Å². The summed E-state index contributed by atoms with van der Waals surface area (Å²) >= 11 is 0. The molecule has 5 nitrogen and oxygen atoms in total. The van der Waals surface area contributed by atoms with Crippen LogP contribution in [0.4, 0.5) is 0 Å². The van der Waals surface area contributed by atoms with E-state index in [0.29, 0.717) is 24.9 Å². The number of carbonyl (C=O) groups is 2. The van der Waals surface area contributed by atoms with Crippen LogP contribution in [-0.2, 0) is 9.59 Å². The molecule has 0 aromatic carbocycles. The number of carbonyl (C=O) groups excluding carboxylic acids is 1. The Balaban J connectivity index is 1.49. The van der Waals surface area contributed by atoms with Gasteiger partial charge in [0.1, 0.15) is 0 Å². The second-order valence-electron chi connectivity index (χ2n) is 7.77. The number of likely N-dealkylation sites (tertiary alicyclic amines) is 1. The van der Waals surface area contributed by atoms with Crippen LogP contribution < -0.4 is 0 Å². The molecule has 5 aliphatic heterocycles. The number of rotatable bonds is 2. The van der Waals surface area contributed by atoms with E-state index in [2.05, 4.69) is 28.0 Å². The zero-order valence-electron chi connectivity index (χ0n) is 13.6. The van der Waals surface area contributed by atoms with Crippen LogP contribution in [0.1, 0.15) is 32.1 Å². The second kappa shape index (κ2) is 4.98. The van der Waals surface area contributed by atoms with Crippen molar-refractivity contribution in [3.8, 4) is 0 Å². The van der Waals surface area contributed by atoms with E-state index >= 15 is 0 Å². The molecule has 3 fully saturated rings. The quantitative estimate of drug-likeness (QED) is 0.842. The number of carboxylic acids is 1. The lowest BCUT2D eigenvalue weighted by Gasteiger charge is -2.44. The van der Waals surface area contributed by atoms with Crippen LogP contribution in [0.2, 0.25) is 0 Å². The molecule has 1 saturated carbocycles. The van der Waals surface area contributed by atoms with Crippen molar-refractivity contribution in [1.82, 2.24) is 9.80 Å². The Morgan fingerprint density at radius 3 is 2.75 bits per heavy atom. The highest BCUT2D eigenvalue weighted by Gasteiger charge is 2.47. The molecule has 126 valence electrons. The predicted octanol–water partition coefficient (Wildman–Crippen LogP) is 2.13. The molecule has 4 atom stereocenters. The summed E-state index contributed by atoms with van der Waals surface area (Å²) in [5.41, 5.74) is 3.51. The molecule has 6 rings (SSSR count). The first kappa shape index (κ1) is 14.3. The fourth-order valence-corrected chi connectivity index (χ4v) is 5.36. The molecule has 2 saturated heterocycles. The minimum absolute atomic E-state index is 0.0434. The number of ketones is 1. The van der Waals surface area contributed by atoms with Crippen LogP contribution in [0.3, 0.4) is 0 Å². The van der Waals surface area contributed by atoms with Gasteiger partial charge in [-0.25, -0.2) is 0 Å². The molecule has 1 N–H and O–H groups in total. The van der Waals surface area contributed by atoms with E-state index in [0.717, 1.165) is 37.1 Å². The number of nitrogens with zero attached hydrogens (tertiary/aromatic N) is 2. The van der Waals surface area contributed by atoms with Gasteiger partial charge in [0, 0.05) is 42.0 Å². The highest BCUT2D eigenvalue weighted by molar-refractivity contribution is 5.88. The summed E-state index contributed by atoms with van der Waals surface area (Å²) in [6, 6.07) is 0.358. The summed E-state index contributed by atoms with van der Waals surface area (Å²) in [5.74, 6) is -0.256. The number of hydrogen-bond donors (Lipinski definition) is 1. The molecular weight excluding hydrogens is 304 g/mol. The van der Waals surface area contributed by atoms with Gasteiger partial charge in [-0.05, 0) is 37.0 Å². The van der Waals surface area contributed by atoms with Crippen LogP contribution in [0.15, 0.2) is 35.3 Å². The van der Waals surface area contributed by atoms with Gasteiger partial charge < -0.3 is 14.9 Å². The highest BCUT2D eigenvalue weighted by atomic mass is 16.4. The van der Waals surface area contributed by atoms with Crippen LogP contribution in [0, 0.1) is 17.8 Å². The minimum atomic E-state index is -0.647. The van der Waals surface area contributed by atoms with Crippen molar-refractivity contribution in [3.05, 3.63) is 35.3 Å². The Hall–Kier alpha value is -2.04. The summed E-state index contributed by atoms with van der Waals surface area (Å²) in [4.78, 5) is 28.1. The Bertz CT molecular complexity index is 720. The minimum Gasteiger partial charge on any atom is -0.481 e. The molecule has 0 aromatic heterocycles. The first-order valence-electron chi connectivity index (χ1n) is 9.05. The number of piperidine rings is 1. The zero-order valence-corrected chi connectivity index (χ0v) is 13.6. The van der Waals surface area contributed by atoms with Crippen molar-refractivity contribution in [2.75, 3.05) is 13.1 Å². The summed E-state index contributed by atoms with van der Waals surface area (Å²) in [6.45, 7) is 1.12. The number of carboxylic acid groups (broad SMARTS) is 1. The van der Waals surface area contributed by atoms with Crippen molar-refractivity contribution in [2.24, 2.45) is 17.8 Å². The predicted molar refractivity (Wildman–Crippen MR) is 87.6 cm³/mol. The monoisotopic (exact) mass is 326 g/mol. The third-order valence-corrected chi connectivity index (χ3v) is 6.54. The second-order valence-corrected chi connectivity index (χ2v) is 7.77. The van der Waals surface area contributed by atoms with Gasteiger partial charge in [-0.15, -0.1) is 0 Å². The van der Waals surface area contributed by atoms with Crippen molar-refractivity contribution >= 4 is 11.8 Å². The van der Waals surface area contributed by atoms with Crippen molar-refractivity contribution in [2.45, 2.75) is 38.1 Å². The van der Waals surface area contributed by atoms with Gasteiger partial charge in [0.25, 0.3) is 0 Å². The zero-order chi connectivity index (χ0) is 16.4. The molecule has 0 spiro atoms. The largest absolute Gasteiger partial charge is 0.481 e. The molecule has 24 heavy (non-hydrogen) atoms. The number of fused-ring (bicyclic) bond motifs is 2. The molecule has 1 aliphatic carbocycles. The molecule has 4 bridgehead atoms. The van der Waals surface area contributed by atoms with Gasteiger partial charge in [-0.2, -0.15) is 0 Å². The Morgan fingerprint density at radius 1 is 1.17 bits per heavy atom. The van der Waals surface area contributed by atoms with Gasteiger partial charge in [-0.1, -0.05) is 12.8 Å². The first-order chi connectivity index (χ1) is 11.6. The fraction of sp³-hybridized carbons (Fsp3) is 0.579. The standard InChI is InChI=1S/C19H22N2O3/c22-18-10-20-12-5-11(18)6-13(20)8-14(7-12)21-9-16(19(23)24)15-3-1-2-4-17(15)21/h5,7-8,11,15-17H,1-4,6,9-10H2,(H,23,24)/t11-,15+,16+,17-/m1/s1. The smallest absolute Gasteiger partial charge is 0.308 e. The lowest BCUT2D eigenvalue weighted by Crippen LogP contribution is -2.45. The molecule has 5 heterocycles. The van der Waals surface area contributed by atoms with Crippen LogP contribution >= 0.6 is 0 Å². The normalized spacial score (nSPS) is 37.0. The average Bonchev–Trinajstić information content (AvgIpc) is 2.94. The molecule has 0 radical (unpaired) electrons. The summed E-state index contributed by atoms with van der Waals surface area (Å²) in [7, 11) is 0. The third-order valence-electron chi connectivity index (χ3n) is 6.54. The topological polar surface area (TPSA) is 60.9 Å². The highest BCUT2D eigenvalue weighted by Crippen LogP contribution is 2.45. The van der Waals surface area contributed by atoms with Crippen molar-refractivity contribution in [3.63, 3.8) is 0 Å². The number of aliphatic carboxylic acids is 1. The molecule has 0 aromatic rings. The van der Waals surface area contributed by atoms with E-state index in [-0.39, 0.29) is 17.8 Å². The van der Waals surface area contributed by atoms with Crippen molar-refractivity contribution in [1.29, 1.82) is 0 Å². The lowest BCUT2D eigenvalue weighted by atomic mass is 9.79. The molecule has 0 unspecified atom stereocenters. The fourth-order valence-electron chi connectivity index (χ4n) is 5.36. The van der Waals surface area contributed by atoms with Gasteiger partial charge in [0.05, 0.1) is 12.5 Å². The molecule has 0 amide bonds. The van der Waals surface area contributed by atoms with E-state index in [1.807, 2.05) is 0 Å². The van der Waals surface area contributed by atoms with Gasteiger partial charge in [0.2, 0.25) is 0 Å². The third kappa shape index (κ3) is 1.93. The molecular formula is C19H22N2O3. The Morgan fingerprint density at radius 2 is 2.00 bits per heavy atom.